The van der Waals surface area contributed by atoms with Gasteiger partial charge in [0.2, 0.25) is 17.6 Å². The number of methoxy groups -OCH3 is 3. The van der Waals surface area contributed by atoms with Gasteiger partial charge >= 0.3 is 0 Å². The van der Waals surface area contributed by atoms with Gasteiger partial charge in [0.25, 0.3) is 5.91 Å². The molecule has 1 aromatic carbocycles. The number of thiocarbonyl (C=S) groups is 1. The van der Waals surface area contributed by atoms with E-state index < -0.39 is 11.8 Å². The maximum Gasteiger partial charge on any atom is 0.266 e. The molecule has 1 aliphatic rings. The summed E-state index contributed by atoms with van der Waals surface area (Å²) in [7, 11) is 4.52. The van der Waals surface area contributed by atoms with Gasteiger partial charge in [-0.3, -0.25) is 30.1 Å². The van der Waals surface area contributed by atoms with Gasteiger partial charge in [-0.1, -0.05) is 24.0 Å². The molecule has 1 heterocycles. The van der Waals surface area contributed by atoms with Crippen LogP contribution in [0.4, 0.5) is 0 Å². The molecule has 0 unspecified atom stereocenters. The van der Waals surface area contributed by atoms with E-state index in [4.69, 9.17) is 26.4 Å². The van der Waals surface area contributed by atoms with E-state index in [1.54, 1.807) is 18.2 Å². The van der Waals surface area contributed by atoms with Crippen LogP contribution in [0.2, 0.25) is 0 Å². The maximum absolute atomic E-state index is 12.7. The largest absolute Gasteiger partial charge is 0.493 e. The molecule has 0 aliphatic carbocycles. The first-order valence-corrected chi connectivity index (χ1v) is 9.64. The molecule has 3 amide bonds. The smallest absolute Gasteiger partial charge is 0.266 e. The molecule has 2 rings (SSSR count). The van der Waals surface area contributed by atoms with Gasteiger partial charge in [0.05, 0.1) is 26.2 Å². The Labute approximate surface area is 177 Å². The molecule has 1 aliphatic heterocycles. The minimum atomic E-state index is -0.428. The van der Waals surface area contributed by atoms with Gasteiger partial charge in [-0.2, -0.15) is 0 Å². The van der Waals surface area contributed by atoms with Crippen molar-refractivity contribution in [2.24, 2.45) is 0 Å². The Morgan fingerprint density at radius 2 is 1.76 bits per heavy atom. The standard InChI is InChI=1S/C18H21N3O6S2/c1-10(22)19-20-15(23)5-6-21-17(24)14(29-18(21)28)9-11-7-12(25-2)16(27-4)13(8-11)26-3/h7-9H,5-6H2,1-4H3,(H,19,22)(H,20,23)/b14-9+. The van der Waals surface area contributed by atoms with Crippen molar-refractivity contribution in [2.45, 2.75) is 13.3 Å². The second-order valence-electron chi connectivity index (χ2n) is 5.77. The maximum atomic E-state index is 12.7. The molecule has 0 bridgehead atoms. The Bertz CT molecular complexity index is 846. The topological polar surface area (TPSA) is 106 Å². The van der Waals surface area contributed by atoms with Gasteiger partial charge in [-0.25, -0.2) is 0 Å². The SMILES string of the molecule is COc1cc(/C=C2/SC(=S)N(CCC(=O)NNC(C)=O)C2=O)cc(OC)c1OC. The molecule has 0 spiro atoms. The minimum absolute atomic E-state index is 0.00974. The first kappa shape index (κ1) is 22.5. The van der Waals surface area contributed by atoms with Gasteiger partial charge in [0, 0.05) is 19.9 Å². The first-order valence-electron chi connectivity index (χ1n) is 8.41. The van der Waals surface area contributed by atoms with E-state index >= 15 is 0 Å². The Morgan fingerprint density at radius 3 is 2.28 bits per heavy atom. The first-order chi connectivity index (χ1) is 13.8. The van der Waals surface area contributed by atoms with Crippen LogP contribution in [-0.4, -0.2) is 54.8 Å². The van der Waals surface area contributed by atoms with Crippen LogP contribution in [0.5, 0.6) is 17.2 Å². The number of carbonyl (C=O) groups excluding carboxylic acids is 3. The highest BCUT2D eigenvalue weighted by molar-refractivity contribution is 8.26. The number of hydrogen-bond donors (Lipinski definition) is 2. The molecule has 9 nitrogen and oxygen atoms in total. The van der Waals surface area contributed by atoms with Gasteiger partial charge in [0.15, 0.2) is 11.5 Å². The van der Waals surface area contributed by atoms with Crippen molar-refractivity contribution in [1.29, 1.82) is 0 Å². The van der Waals surface area contributed by atoms with Gasteiger partial charge in [-0.15, -0.1) is 0 Å². The van der Waals surface area contributed by atoms with E-state index in [0.29, 0.717) is 32.0 Å². The average molecular weight is 440 g/mol. The fourth-order valence-corrected chi connectivity index (χ4v) is 3.77. The summed E-state index contributed by atoms with van der Waals surface area (Å²) in [6, 6.07) is 3.43. The molecule has 29 heavy (non-hydrogen) atoms. The van der Waals surface area contributed by atoms with Crippen LogP contribution in [-0.2, 0) is 14.4 Å². The summed E-state index contributed by atoms with van der Waals surface area (Å²) in [6.45, 7) is 1.37. The van der Waals surface area contributed by atoms with Gasteiger partial charge < -0.3 is 14.2 Å². The lowest BCUT2D eigenvalue weighted by Gasteiger charge is -2.14. The molecule has 1 aromatic rings. The van der Waals surface area contributed by atoms with Crippen molar-refractivity contribution < 1.29 is 28.6 Å². The number of nitrogens with zero attached hydrogens (tertiary/aromatic N) is 1. The molecule has 0 atom stereocenters. The summed E-state index contributed by atoms with van der Waals surface area (Å²) >= 11 is 6.40. The van der Waals surface area contributed by atoms with E-state index in [1.807, 2.05) is 0 Å². The van der Waals surface area contributed by atoms with Crippen molar-refractivity contribution in [3.05, 3.63) is 22.6 Å². The zero-order valence-electron chi connectivity index (χ0n) is 16.4. The summed E-state index contributed by atoms with van der Waals surface area (Å²) in [5, 5.41) is 0. The highest BCUT2D eigenvalue weighted by Crippen LogP contribution is 2.40. The predicted molar refractivity (Wildman–Crippen MR) is 113 cm³/mol. The van der Waals surface area contributed by atoms with E-state index in [0.717, 1.165) is 11.8 Å². The van der Waals surface area contributed by atoms with Gasteiger partial charge in [0.1, 0.15) is 4.32 Å². The van der Waals surface area contributed by atoms with E-state index in [1.165, 1.54) is 33.2 Å². The second kappa shape index (κ2) is 10.1. The Morgan fingerprint density at radius 1 is 1.14 bits per heavy atom. The third-order valence-corrected chi connectivity index (χ3v) is 5.18. The number of amides is 3. The number of thioether (sulfide) groups is 1. The Balaban J connectivity index is 2.15. The Kier molecular flexibility index (Phi) is 7.85. The van der Waals surface area contributed by atoms with Crippen molar-refractivity contribution in [3.63, 3.8) is 0 Å². The number of benzene rings is 1. The third kappa shape index (κ3) is 5.61. The molecule has 0 aromatic heterocycles. The molecule has 11 heteroatoms. The van der Waals surface area contributed by atoms with E-state index in [2.05, 4.69) is 10.9 Å². The molecule has 2 N–H and O–H groups in total. The highest BCUT2D eigenvalue weighted by atomic mass is 32.2. The van der Waals surface area contributed by atoms with Crippen LogP contribution < -0.4 is 25.1 Å². The normalized spacial score (nSPS) is 14.8. The quantitative estimate of drug-likeness (QED) is 0.374. The lowest BCUT2D eigenvalue weighted by molar-refractivity contribution is -0.128. The predicted octanol–water partition coefficient (Wildman–Crippen LogP) is 1.47. The zero-order valence-corrected chi connectivity index (χ0v) is 18.0. The van der Waals surface area contributed by atoms with Crippen LogP contribution in [0.3, 0.4) is 0 Å². The lowest BCUT2D eigenvalue weighted by atomic mass is 10.1. The van der Waals surface area contributed by atoms with Crippen LogP contribution >= 0.6 is 24.0 Å². The summed E-state index contributed by atoms with van der Waals surface area (Å²) in [6.07, 6.45) is 1.66. The molecule has 156 valence electrons. The Hall–Kier alpha value is -2.79. The molecule has 0 saturated carbocycles. The van der Waals surface area contributed by atoms with Crippen LogP contribution in [0.15, 0.2) is 17.0 Å². The highest BCUT2D eigenvalue weighted by Gasteiger charge is 2.32. The fourth-order valence-electron chi connectivity index (χ4n) is 2.46. The summed E-state index contributed by atoms with van der Waals surface area (Å²) in [4.78, 5) is 37.0. The van der Waals surface area contributed by atoms with E-state index in [-0.39, 0.29) is 18.9 Å². The third-order valence-electron chi connectivity index (χ3n) is 3.80. The number of hydrazine groups is 1. The van der Waals surface area contributed by atoms with Crippen molar-refractivity contribution in [1.82, 2.24) is 15.8 Å². The zero-order chi connectivity index (χ0) is 21.6. The van der Waals surface area contributed by atoms with Crippen LogP contribution in [0.25, 0.3) is 6.08 Å². The number of rotatable bonds is 7. The number of carbonyl (C=O) groups is 3. The second-order valence-corrected chi connectivity index (χ2v) is 7.45. The van der Waals surface area contributed by atoms with Crippen LogP contribution in [0.1, 0.15) is 18.9 Å². The molecule has 0 radical (unpaired) electrons. The molecular formula is C18H21N3O6S2. The summed E-state index contributed by atoms with van der Waals surface area (Å²) in [5.74, 6) is 0.248. The van der Waals surface area contributed by atoms with Gasteiger partial charge in [-0.05, 0) is 23.8 Å². The summed E-state index contributed by atoms with van der Waals surface area (Å²) < 4.78 is 16.3. The minimum Gasteiger partial charge on any atom is -0.493 e. The average Bonchev–Trinajstić information content (AvgIpc) is 2.96. The van der Waals surface area contributed by atoms with Crippen LogP contribution in [0, 0.1) is 0 Å². The summed E-state index contributed by atoms with van der Waals surface area (Å²) in [5.41, 5.74) is 5.10. The van der Waals surface area contributed by atoms with E-state index in [9.17, 15) is 14.4 Å². The van der Waals surface area contributed by atoms with Crippen molar-refractivity contribution >= 4 is 52.1 Å². The van der Waals surface area contributed by atoms with Crippen molar-refractivity contribution in [2.75, 3.05) is 27.9 Å². The molecular weight excluding hydrogens is 418 g/mol. The number of nitrogens with one attached hydrogen (secondary N) is 2. The number of hydrogen-bond acceptors (Lipinski definition) is 8. The fraction of sp³-hybridized carbons (Fsp3) is 0.333. The number of ether oxygens (including phenoxy) is 3. The molecule has 1 fully saturated rings. The monoisotopic (exact) mass is 439 g/mol. The lowest BCUT2D eigenvalue weighted by Crippen LogP contribution is -2.42. The van der Waals surface area contributed by atoms with Crippen molar-refractivity contribution in [3.8, 4) is 17.2 Å². The molecule has 1 saturated heterocycles.